The van der Waals surface area contributed by atoms with Crippen LogP contribution in [0.3, 0.4) is 0 Å². The van der Waals surface area contributed by atoms with Crippen molar-refractivity contribution in [3.05, 3.63) is 11.4 Å². The van der Waals surface area contributed by atoms with Gasteiger partial charge in [-0.15, -0.1) is 5.10 Å². The van der Waals surface area contributed by atoms with Crippen LogP contribution in [-0.2, 0) is 19.4 Å². The molecule has 0 saturated carbocycles. The van der Waals surface area contributed by atoms with Crippen LogP contribution in [0.2, 0.25) is 0 Å². The van der Waals surface area contributed by atoms with Gasteiger partial charge in [0, 0.05) is 13.0 Å². The standard InChI is InChI=1S/C13H26N4/c1-3-5-6-7-11-17-13(8-4-2)12(9-10-14)15-16-17/h3-11,14H2,1-2H3. The molecule has 0 unspecified atom stereocenters. The van der Waals surface area contributed by atoms with Crippen LogP contribution >= 0.6 is 0 Å². The Morgan fingerprint density at radius 3 is 2.53 bits per heavy atom. The lowest BCUT2D eigenvalue weighted by atomic mass is 10.1. The summed E-state index contributed by atoms with van der Waals surface area (Å²) in [4.78, 5) is 0. The summed E-state index contributed by atoms with van der Waals surface area (Å²) in [6.07, 6.45) is 8.13. The molecule has 17 heavy (non-hydrogen) atoms. The first-order chi connectivity index (χ1) is 8.33. The van der Waals surface area contributed by atoms with E-state index in [2.05, 4.69) is 28.8 Å². The highest BCUT2D eigenvalue weighted by atomic mass is 15.4. The molecule has 1 aromatic rings. The number of unbranched alkanes of at least 4 members (excludes halogenated alkanes) is 3. The minimum absolute atomic E-state index is 0.658. The van der Waals surface area contributed by atoms with Crippen LogP contribution in [0.15, 0.2) is 0 Å². The fourth-order valence-corrected chi connectivity index (χ4v) is 2.08. The maximum Gasteiger partial charge on any atom is 0.0871 e. The Labute approximate surface area is 105 Å². The van der Waals surface area contributed by atoms with E-state index in [9.17, 15) is 0 Å². The van der Waals surface area contributed by atoms with E-state index in [4.69, 9.17) is 5.73 Å². The third-order valence-electron chi connectivity index (χ3n) is 3.01. The fourth-order valence-electron chi connectivity index (χ4n) is 2.08. The monoisotopic (exact) mass is 238 g/mol. The van der Waals surface area contributed by atoms with Gasteiger partial charge in [-0.2, -0.15) is 0 Å². The Kier molecular flexibility index (Phi) is 6.86. The quantitative estimate of drug-likeness (QED) is 0.672. The van der Waals surface area contributed by atoms with Crippen molar-refractivity contribution in [3.63, 3.8) is 0 Å². The highest BCUT2D eigenvalue weighted by Crippen LogP contribution is 2.11. The maximum absolute atomic E-state index is 5.60. The Bertz CT molecular complexity index is 306. The van der Waals surface area contributed by atoms with Gasteiger partial charge >= 0.3 is 0 Å². The molecule has 0 saturated heterocycles. The Balaban J connectivity index is 2.56. The van der Waals surface area contributed by atoms with Crippen molar-refractivity contribution in [2.75, 3.05) is 6.54 Å². The van der Waals surface area contributed by atoms with Gasteiger partial charge in [-0.1, -0.05) is 44.7 Å². The molecule has 0 aromatic carbocycles. The Morgan fingerprint density at radius 1 is 1.06 bits per heavy atom. The summed E-state index contributed by atoms with van der Waals surface area (Å²) in [7, 11) is 0. The van der Waals surface area contributed by atoms with E-state index in [0.717, 1.165) is 31.5 Å². The van der Waals surface area contributed by atoms with Crippen LogP contribution in [-0.4, -0.2) is 21.5 Å². The minimum Gasteiger partial charge on any atom is -0.330 e. The molecule has 0 aliphatic carbocycles. The van der Waals surface area contributed by atoms with Gasteiger partial charge in [0.2, 0.25) is 0 Å². The molecule has 0 fully saturated rings. The third kappa shape index (κ3) is 4.46. The van der Waals surface area contributed by atoms with Crippen molar-refractivity contribution < 1.29 is 0 Å². The van der Waals surface area contributed by atoms with Crippen molar-refractivity contribution in [3.8, 4) is 0 Å². The molecule has 0 amide bonds. The van der Waals surface area contributed by atoms with Gasteiger partial charge in [0.25, 0.3) is 0 Å². The molecule has 1 rings (SSSR count). The van der Waals surface area contributed by atoms with E-state index in [-0.39, 0.29) is 0 Å². The molecule has 1 heterocycles. The fraction of sp³-hybridized carbons (Fsp3) is 0.846. The normalized spacial score (nSPS) is 11.0. The predicted molar refractivity (Wildman–Crippen MR) is 70.9 cm³/mol. The van der Waals surface area contributed by atoms with E-state index in [1.54, 1.807) is 0 Å². The van der Waals surface area contributed by atoms with Crippen LogP contribution in [0.1, 0.15) is 57.3 Å². The Morgan fingerprint density at radius 2 is 1.88 bits per heavy atom. The highest BCUT2D eigenvalue weighted by Gasteiger charge is 2.10. The van der Waals surface area contributed by atoms with Crippen LogP contribution in [0, 0.1) is 0 Å². The zero-order valence-corrected chi connectivity index (χ0v) is 11.3. The summed E-state index contributed by atoms with van der Waals surface area (Å²) in [5, 5.41) is 8.52. The largest absolute Gasteiger partial charge is 0.330 e. The molecule has 0 radical (unpaired) electrons. The second-order valence-electron chi connectivity index (χ2n) is 4.56. The van der Waals surface area contributed by atoms with Gasteiger partial charge in [0.1, 0.15) is 0 Å². The number of aromatic nitrogens is 3. The molecule has 98 valence electrons. The van der Waals surface area contributed by atoms with Gasteiger partial charge < -0.3 is 5.73 Å². The molecule has 4 nitrogen and oxygen atoms in total. The smallest absolute Gasteiger partial charge is 0.0871 e. The average molecular weight is 238 g/mol. The summed E-state index contributed by atoms with van der Waals surface area (Å²) in [6.45, 7) is 6.09. The first-order valence-electron chi connectivity index (χ1n) is 6.94. The summed E-state index contributed by atoms with van der Waals surface area (Å²) in [6, 6.07) is 0. The molecule has 0 aliphatic rings. The third-order valence-corrected chi connectivity index (χ3v) is 3.01. The molecule has 4 heteroatoms. The zero-order chi connectivity index (χ0) is 12.5. The number of nitrogens with zero attached hydrogens (tertiary/aromatic N) is 3. The van der Waals surface area contributed by atoms with Gasteiger partial charge in [-0.05, 0) is 19.4 Å². The first kappa shape index (κ1) is 14.2. The van der Waals surface area contributed by atoms with E-state index < -0.39 is 0 Å². The number of rotatable bonds is 9. The minimum atomic E-state index is 0.658. The van der Waals surface area contributed by atoms with Crippen molar-refractivity contribution in [2.45, 2.75) is 65.3 Å². The molecule has 0 atom stereocenters. The highest BCUT2D eigenvalue weighted by molar-refractivity contribution is 5.10. The van der Waals surface area contributed by atoms with Crippen LogP contribution in [0.25, 0.3) is 0 Å². The predicted octanol–water partition coefficient (Wildman–Crippen LogP) is 2.31. The van der Waals surface area contributed by atoms with E-state index in [1.807, 2.05) is 0 Å². The number of aryl methyl sites for hydroxylation is 1. The number of nitrogens with two attached hydrogens (primary N) is 1. The molecule has 0 spiro atoms. The summed E-state index contributed by atoms with van der Waals surface area (Å²) in [5.41, 5.74) is 8.00. The second kappa shape index (κ2) is 8.23. The van der Waals surface area contributed by atoms with Gasteiger partial charge in [0.15, 0.2) is 0 Å². The topological polar surface area (TPSA) is 56.7 Å². The Hall–Kier alpha value is -0.900. The SMILES string of the molecule is CCCCCCn1nnc(CCN)c1CCC. The second-order valence-corrected chi connectivity index (χ2v) is 4.56. The lowest BCUT2D eigenvalue weighted by Gasteiger charge is -2.06. The van der Waals surface area contributed by atoms with Crippen molar-refractivity contribution in [1.82, 2.24) is 15.0 Å². The first-order valence-corrected chi connectivity index (χ1v) is 6.94. The average Bonchev–Trinajstić information content (AvgIpc) is 2.69. The van der Waals surface area contributed by atoms with E-state index >= 15 is 0 Å². The molecule has 2 N–H and O–H groups in total. The lowest BCUT2D eigenvalue weighted by Crippen LogP contribution is -2.09. The van der Waals surface area contributed by atoms with Gasteiger partial charge in [-0.25, -0.2) is 4.68 Å². The van der Waals surface area contributed by atoms with Crippen molar-refractivity contribution in [1.29, 1.82) is 0 Å². The van der Waals surface area contributed by atoms with Crippen molar-refractivity contribution >= 4 is 0 Å². The van der Waals surface area contributed by atoms with Gasteiger partial charge in [-0.3, -0.25) is 0 Å². The molecule has 0 aliphatic heterocycles. The molecular weight excluding hydrogens is 212 g/mol. The molecule has 0 bridgehead atoms. The zero-order valence-electron chi connectivity index (χ0n) is 11.3. The molecular formula is C13H26N4. The maximum atomic E-state index is 5.60. The summed E-state index contributed by atoms with van der Waals surface area (Å²) in [5.74, 6) is 0. The lowest BCUT2D eigenvalue weighted by molar-refractivity contribution is 0.510. The summed E-state index contributed by atoms with van der Waals surface area (Å²) < 4.78 is 2.09. The number of hydrogen-bond acceptors (Lipinski definition) is 3. The van der Waals surface area contributed by atoms with E-state index in [1.165, 1.54) is 31.4 Å². The molecule has 1 aromatic heterocycles. The van der Waals surface area contributed by atoms with Crippen LogP contribution in [0.4, 0.5) is 0 Å². The van der Waals surface area contributed by atoms with Crippen molar-refractivity contribution in [2.24, 2.45) is 5.73 Å². The van der Waals surface area contributed by atoms with E-state index in [0.29, 0.717) is 6.54 Å². The number of hydrogen-bond donors (Lipinski definition) is 1. The van der Waals surface area contributed by atoms with Gasteiger partial charge in [0.05, 0.1) is 11.4 Å². The van der Waals surface area contributed by atoms with Crippen LogP contribution < -0.4 is 5.73 Å². The summed E-state index contributed by atoms with van der Waals surface area (Å²) >= 11 is 0. The van der Waals surface area contributed by atoms with Crippen LogP contribution in [0.5, 0.6) is 0 Å².